The fraction of sp³-hybridized carbons (Fsp3) is 0.833. The molecule has 0 aromatic rings. The van der Waals surface area contributed by atoms with Gasteiger partial charge in [0, 0.05) is 0 Å². The van der Waals surface area contributed by atoms with Crippen LogP contribution in [0.15, 0.2) is 0 Å². The molecule has 0 aliphatic rings. The molecule has 0 heterocycles. The van der Waals surface area contributed by atoms with E-state index < -0.39 is 0 Å². The molecule has 0 saturated carbocycles. The Morgan fingerprint density at radius 1 is 1.07 bits per heavy atom. The predicted octanol–water partition coefficient (Wildman–Crippen LogP) is 3.00. The number of carbonyl (C=O) groups excluding carboxylic acids is 2. The number of hydrogen-bond acceptors (Lipinski definition) is 2. The maximum absolute atomic E-state index is 11.1. The van der Waals surface area contributed by atoms with Crippen LogP contribution in [0.2, 0.25) is 0 Å². The van der Waals surface area contributed by atoms with Gasteiger partial charge in [0.2, 0.25) is 0 Å². The Kier molecular flexibility index (Phi) is 5.03. The van der Waals surface area contributed by atoms with Gasteiger partial charge in [0.25, 0.3) is 0 Å². The maximum atomic E-state index is 11.1. The maximum Gasteiger partial charge on any atom is 0.140 e. The van der Waals surface area contributed by atoms with Gasteiger partial charge in [-0.25, -0.2) is 0 Å². The first-order chi connectivity index (χ1) is 6.24. The summed E-state index contributed by atoms with van der Waals surface area (Å²) in [4.78, 5) is 22.2. The van der Waals surface area contributed by atoms with E-state index in [1.54, 1.807) is 0 Å². The Labute approximate surface area is 87.1 Å². The molecule has 0 amide bonds. The number of ketones is 2. The summed E-state index contributed by atoms with van der Waals surface area (Å²) < 4.78 is 0. The van der Waals surface area contributed by atoms with Crippen molar-refractivity contribution in [3.8, 4) is 0 Å². The van der Waals surface area contributed by atoms with Gasteiger partial charge in [-0.1, -0.05) is 27.2 Å². The zero-order valence-electron chi connectivity index (χ0n) is 10.0. The van der Waals surface area contributed by atoms with Crippen molar-refractivity contribution < 1.29 is 9.59 Å². The van der Waals surface area contributed by atoms with E-state index in [4.69, 9.17) is 0 Å². The molecule has 0 unspecified atom stereocenters. The van der Waals surface area contributed by atoms with Crippen molar-refractivity contribution in [1.29, 1.82) is 0 Å². The van der Waals surface area contributed by atoms with Gasteiger partial charge in [-0.05, 0) is 32.1 Å². The minimum Gasteiger partial charge on any atom is -0.299 e. The second kappa shape index (κ2) is 5.28. The van der Waals surface area contributed by atoms with Crippen LogP contribution in [0.3, 0.4) is 0 Å². The molecule has 0 aliphatic heterocycles. The van der Waals surface area contributed by atoms with Crippen molar-refractivity contribution in [1.82, 2.24) is 0 Å². The van der Waals surface area contributed by atoms with Crippen LogP contribution in [0.1, 0.15) is 53.9 Å². The molecular weight excluding hydrogens is 176 g/mol. The Bertz CT molecular complexity index is 197. The molecule has 0 bridgehead atoms. The first-order valence-electron chi connectivity index (χ1n) is 5.25. The summed E-state index contributed by atoms with van der Waals surface area (Å²) in [7, 11) is 0. The molecule has 0 radical (unpaired) electrons. The SMILES string of the molecule is CC(=O)C(CCCC(C)(C)C)C(C)=O. The zero-order chi connectivity index (χ0) is 11.4. The Morgan fingerprint density at radius 2 is 1.50 bits per heavy atom. The summed E-state index contributed by atoms with van der Waals surface area (Å²) >= 11 is 0. The molecule has 0 saturated heterocycles. The van der Waals surface area contributed by atoms with Crippen LogP contribution in [-0.4, -0.2) is 11.6 Å². The summed E-state index contributed by atoms with van der Waals surface area (Å²) in [6, 6.07) is 0. The van der Waals surface area contributed by atoms with Crippen molar-refractivity contribution in [2.45, 2.75) is 53.9 Å². The fourth-order valence-corrected chi connectivity index (χ4v) is 1.53. The quantitative estimate of drug-likeness (QED) is 0.636. The first-order valence-corrected chi connectivity index (χ1v) is 5.25. The lowest BCUT2D eigenvalue weighted by molar-refractivity contribution is -0.130. The number of carbonyl (C=O) groups is 2. The van der Waals surface area contributed by atoms with E-state index >= 15 is 0 Å². The smallest absolute Gasteiger partial charge is 0.140 e. The van der Waals surface area contributed by atoms with E-state index in [0.29, 0.717) is 6.42 Å². The largest absolute Gasteiger partial charge is 0.299 e. The van der Waals surface area contributed by atoms with Crippen LogP contribution in [0, 0.1) is 11.3 Å². The van der Waals surface area contributed by atoms with Crippen molar-refractivity contribution in [2.75, 3.05) is 0 Å². The molecule has 0 fully saturated rings. The highest BCUT2D eigenvalue weighted by atomic mass is 16.1. The third-order valence-corrected chi connectivity index (χ3v) is 2.40. The molecule has 0 spiro atoms. The summed E-state index contributed by atoms with van der Waals surface area (Å²) in [6.07, 6.45) is 2.72. The molecule has 2 nitrogen and oxygen atoms in total. The lowest BCUT2D eigenvalue weighted by atomic mass is 9.86. The highest BCUT2D eigenvalue weighted by Gasteiger charge is 2.20. The predicted molar refractivity (Wildman–Crippen MR) is 58.2 cm³/mol. The van der Waals surface area contributed by atoms with E-state index in [9.17, 15) is 9.59 Å². The van der Waals surface area contributed by atoms with Crippen molar-refractivity contribution >= 4 is 11.6 Å². The lowest BCUT2D eigenvalue weighted by Crippen LogP contribution is -2.20. The summed E-state index contributed by atoms with van der Waals surface area (Å²) in [5.74, 6) is -0.352. The molecule has 0 aromatic carbocycles. The molecule has 0 atom stereocenters. The zero-order valence-corrected chi connectivity index (χ0v) is 10.0. The third-order valence-electron chi connectivity index (χ3n) is 2.40. The van der Waals surface area contributed by atoms with E-state index in [2.05, 4.69) is 20.8 Å². The molecular formula is C12H22O2. The van der Waals surface area contributed by atoms with Gasteiger partial charge >= 0.3 is 0 Å². The van der Waals surface area contributed by atoms with Gasteiger partial charge in [-0.15, -0.1) is 0 Å². The standard InChI is InChI=1S/C12H22O2/c1-9(13)11(10(2)14)7-6-8-12(3,4)5/h11H,6-8H2,1-5H3. The minimum absolute atomic E-state index is 0.00593. The molecule has 0 N–H and O–H groups in total. The number of hydrogen-bond donors (Lipinski definition) is 0. The van der Waals surface area contributed by atoms with Crippen LogP contribution in [0.4, 0.5) is 0 Å². The molecule has 82 valence electrons. The van der Waals surface area contributed by atoms with E-state index in [0.717, 1.165) is 12.8 Å². The number of Topliss-reactive ketones (excluding diaryl/α,β-unsaturated/α-hetero) is 2. The summed E-state index contributed by atoms with van der Waals surface area (Å²) in [6.45, 7) is 9.52. The Balaban J connectivity index is 3.97. The van der Waals surface area contributed by atoms with Crippen LogP contribution < -0.4 is 0 Å². The van der Waals surface area contributed by atoms with E-state index in [-0.39, 0.29) is 22.9 Å². The highest BCUT2D eigenvalue weighted by molar-refractivity contribution is 6.00. The molecule has 0 aromatic heterocycles. The highest BCUT2D eigenvalue weighted by Crippen LogP contribution is 2.23. The van der Waals surface area contributed by atoms with Gasteiger partial charge in [0.1, 0.15) is 11.6 Å². The molecule has 0 aliphatic carbocycles. The summed E-state index contributed by atoms with van der Waals surface area (Å²) in [5, 5.41) is 0. The van der Waals surface area contributed by atoms with Crippen LogP contribution in [-0.2, 0) is 9.59 Å². The molecule has 2 heteroatoms. The molecule has 0 rings (SSSR count). The van der Waals surface area contributed by atoms with Crippen molar-refractivity contribution in [3.63, 3.8) is 0 Å². The van der Waals surface area contributed by atoms with Gasteiger partial charge in [-0.2, -0.15) is 0 Å². The third kappa shape index (κ3) is 5.90. The van der Waals surface area contributed by atoms with E-state index in [1.807, 2.05) is 0 Å². The van der Waals surface area contributed by atoms with Gasteiger partial charge < -0.3 is 0 Å². The molecule has 14 heavy (non-hydrogen) atoms. The second-order valence-electron chi connectivity index (χ2n) is 5.23. The minimum atomic E-state index is -0.364. The average Bonchev–Trinajstić information content (AvgIpc) is 1.94. The normalized spacial score (nSPS) is 11.9. The van der Waals surface area contributed by atoms with Crippen LogP contribution in [0.5, 0.6) is 0 Å². The average molecular weight is 198 g/mol. The van der Waals surface area contributed by atoms with E-state index in [1.165, 1.54) is 13.8 Å². The Hall–Kier alpha value is -0.660. The van der Waals surface area contributed by atoms with Crippen molar-refractivity contribution in [3.05, 3.63) is 0 Å². The fourth-order valence-electron chi connectivity index (χ4n) is 1.53. The second-order valence-corrected chi connectivity index (χ2v) is 5.23. The topological polar surface area (TPSA) is 34.1 Å². The number of rotatable bonds is 5. The monoisotopic (exact) mass is 198 g/mol. The van der Waals surface area contributed by atoms with Gasteiger partial charge in [0.15, 0.2) is 0 Å². The van der Waals surface area contributed by atoms with Crippen molar-refractivity contribution in [2.24, 2.45) is 11.3 Å². The van der Waals surface area contributed by atoms with Gasteiger partial charge in [0.05, 0.1) is 5.92 Å². The van der Waals surface area contributed by atoms with Crippen LogP contribution >= 0.6 is 0 Å². The lowest BCUT2D eigenvalue weighted by Gasteiger charge is -2.19. The van der Waals surface area contributed by atoms with Crippen LogP contribution in [0.25, 0.3) is 0 Å². The van der Waals surface area contributed by atoms with Gasteiger partial charge in [-0.3, -0.25) is 9.59 Å². The summed E-state index contributed by atoms with van der Waals surface area (Å²) in [5.41, 5.74) is 0.290. The first kappa shape index (κ1) is 13.3. The Morgan fingerprint density at radius 3 is 1.79 bits per heavy atom.